The highest BCUT2D eigenvalue weighted by Crippen LogP contribution is 2.38. The summed E-state index contributed by atoms with van der Waals surface area (Å²) in [6, 6.07) is 12.8. The maximum atomic E-state index is 12.8. The average molecular weight is 409 g/mol. The Labute approximate surface area is 171 Å². The quantitative estimate of drug-likeness (QED) is 0.487. The first-order chi connectivity index (χ1) is 14.1. The second-order valence-electron chi connectivity index (χ2n) is 6.16. The van der Waals surface area contributed by atoms with Gasteiger partial charge in [0.1, 0.15) is 5.82 Å². The highest BCUT2D eigenvalue weighted by atomic mass is 32.1. The number of methoxy groups -OCH3 is 3. The summed E-state index contributed by atoms with van der Waals surface area (Å²) in [4.78, 5) is 21.7. The fourth-order valence-corrected chi connectivity index (χ4v) is 3.70. The molecule has 0 aliphatic rings. The maximum absolute atomic E-state index is 12.8. The van der Waals surface area contributed by atoms with Crippen LogP contribution >= 0.6 is 11.3 Å². The summed E-state index contributed by atoms with van der Waals surface area (Å²) in [6.45, 7) is 0. The number of anilines is 1. The van der Waals surface area contributed by atoms with Crippen LogP contribution in [0.2, 0.25) is 0 Å². The Morgan fingerprint density at radius 2 is 1.79 bits per heavy atom. The first-order valence-electron chi connectivity index (χ1n) is 8.78. The number of nitrogens with zero attached hydrogens (tertiary/aromatic N) is 1. The van der Waals surface area contributed by atoms with Crippen LogP contribution in [0.4, 0.5) is 5.69 Å². The van der Waals surface area contributed by atoms with Gasteiger partial charge in [0.25, 0.3) is 5.91 Å². The van der Waals surface area contributed by atoms with Gasteiger partial charge in [-0.3, -0.25) is 4.79 Å². The molecule has 0 bridgehead atoms. The van der Waals surface area contributed by atoms with Crippen molar-refractivity contribution in [1.82, 2.24) is 9.97 Å². The Morgan fingerprint density at radius 3 is 2.41 bits per heavy atom. The number of carbonyl (C=O) groups excluding carboxylic acids is 1. The Balaban J connectivity index is 1.62. The van der Waals surface area contributed by atoms with Gasteiger partial charge in [-0.05, 0) is 41.8 Å². The Kier molecular flexibility index (Phi) is 5.09. The topological polar surface area (TPSA) is 85.5 Å². The van der Waals surface area contributed by atoms with Crippen molar-refractivity contribution in [1.29, 1.82) is 0 Å². The van der Waals surface area contributed by atoms with Gasteiger partial charge in [-0.2, -0.15) is 0 Å². The van der Waals surface area contributed by atoms with Crippen LogP contribution in [0.25, 0.3) is 21.7 Å². The third-order valence-corrected chi connectivity index (χ3v) is 5.30. The smallest absolute Gasteiger partial charge is 0.255 e. The number of nitrogens with one attached hydrogen (secondary N) is 2. The molecule has 4 rings (SSSR count). The molecule has 0 aliphatic carbocycles. The predicted molar refractivity (Wildman–Crippen MR) is 113 cm³/mol. The molecule has 0 spiro atoms. The van der Waals surface area contributed by atoms with Crippen molar-refractivity contribution < 1.29 is 19.0 Å². The molecule has 0 atom stereocenters. The number of aromatic nitrogens is 2. The van der Waals surface area contributed by atoms with Gasteiger partial charge in [0.2, 0.25) is 5.75 Å². The van der Waals surface area contributed by atoms with Crippen molar-refractivity contribution in [2.75, 3.05) is 26.6 Å². The lowest BCUT2D eigenvalue weighted by atomic mass is 10.1. The highest BCUT2D eigenvalue weighted by Gasteiger charge is 2.17. The molecule has 0 saturated heterocycles. The number of hydrogen-bond acceptors (Lipinski definition) is 6. The summed E-state index contributed by atoms with van der Waals surface area (Å²) in [5.74, 6) is 1.79. The molecule has 2 heterocycles. The molecular weight excluding hydrogens is 390 g/mol. The van der Waals surface area contributed by atoms with Gasteiger partial charge < -0.3 is 24.5 Å². The van der Waals surface area contributed by atoms with Crippen LogP contribution in [-0.4, -0.2) is 37.2 Å². The third-order valence-electron chi connectivity index (χ3n) is 4.42. The first kappa shape index (κ1) is 18.8. The van der Waals surface area contributed by atoms with Crippen LogP contribution < -0.4 is 19.5 Å². The molecule has 0 radical (unpaired) electrons. The lowest BCUT2D eigenvalue weighted by Gasteiger charge is -2.14. The van der Waals surface area contributed by atoms with E-state index in [1.54, 1.807) is 23.5 Å². The highest BCUT2D eigenvalue weighted by molar-refractivity contribution is 7.13. The number of H-pyrrole nitrogens is 1. The van der Waals surface area contributed by atoms with Crippen LogP contribution in [-0.2, 0) is 0 Å². The van der Waals surface area contributed by atoms with Crippen molar-refractivity contribution in [3.8, 4) is 28.0 Å². The molecule has 7 nitrogen and oxygen atoms in total. The second-order valence-corrected chi connectivity index (χ2v) is 7.11. The summed E-state index contributed by atoms with van der Waals surface area (Å²) in [7, 11) is 4.54. The average Bonchev–Trinajstić information content (AvgIpc) is 3.41. The van der Waals surface area contributed by atoms with Gasteiger partial charge in [0.05, 0.1) is 37.2 Å². The number of ether oxygens (including phenoxy) is 3. The van der Waals surface area contributed by atoms with Crippen molar-refractivity contribution in [2.24, 2.45) is 0 Å². The van der Waals surface area contributed by atoms with E-state index < -0.39 is 0 Å². The summed E-state index contributed by atoms with van der Waals surface area (Å²) in [5, 5.41) is 4.90. The summed E-state index contributed by atoms with van der Waals surface area (Å²) < 4.78 is 15.9. The Morgan fingerprint density at radius 1 is 1.03 bits per heavy atom. The van der Waals surface area contributed by atoms with Gasteiger partial charge in [-0.1, -0.05) is 6.07 Å². The molecule has 8 heteroatoms. The van der Waals surface area contributed by atoms with E-state index in [0.717, 1.165) is 21.7 Å². The molecule has 29 heavy (non-hydrogen) atoms. The zero-order valence-electron chi connectivity index (χ0n) is 16.1. The number of rotatable bonds is 6. The van der Waals surface area contributed by atoms with Crippen LogP contribution in [0.5, 0.6) is 17.2 Å². The molecule has 0 unspecified atom stereocenters. The first-order valence-corrected chi connectivity index (χ1v) is 9.66. The van der Waals surface area contributed by atoms with E-state index in [0.29, 0.717) is 28.5 Å². The van der Waals surface area contributed by atoms with Crippen LogP contribution in [0.1, 0.15) is 10.4 Å². The molecular formula is C21H19N3O4S. The van der Waals surface area contributed by atoms with Crippen LogP contribution in [0, 0.1) is 0 Å². The van der Waals surface area contributed by atoms with E-state index in [1.165, 1.54) is 21.3 Å². The van der Waals surface area contributed by atoms with Gasteiger partial charge in [-0.25, -0.2) is 4.98 Å². The van der Waals surface area contributed by atoms with E-state index in [4.69, 9.17) is 14.2 Å². The summed E-state index contributed by atoms with van der Waals surface area (Å²) in [6.07, 6.45) is 0. The minimum Gasteiger partial charge on any atom is -0.493 e. The van der Waals surface area contributed by atoms with Gasteiger partial charge in [0.15, 0.2) is 11.5 Å². The van der Waals surface area contributed by atoms with Gasteiger partial charge >= 0.3 is 0 Å². The lowest BCUT2D eigenvalue weighted by Crippen LogP contribution is -2.12. The maximum Gasteiger partial charge on any atom is 0.255 e. The van der Waals surface area contributed by atoms with E-state index in [9.17, 15) is 4.79 Å². The van der Waals surface area contributed by atoms with Gasteiger partial charge in [-0.15, -0.1) is 11.3 Å². The van der Waals surface area contributed by atoms with Crippen molar-refractivity contribution >= 4 is 34.0 Å². The zero-order chi connectivity index (χ0) is 20.4. The number of amides is 1. The molecule has 2 aromatic heterocycles. The van der Waals surface area contributed by atoms with E-state index in [1.807, 2.05) is 35.7 Å². The minimum atomic E-state index is -0.290. The number of imidazole rings is 1. The monoisotopic (exact) mass is 409 g/mol. The van der Waals surface area contributed by atoms with E-state index >= 15 is 0 Å². The number of thiophene rings is 1. The third kappa shape index (κ3) is 3.62. The fraction of sp³-hybridized carbons (Fsp3) is 0.143. The molecule has 2 N–H and O–H groups in total. The number of carbonyl (C=O) groups is 1. The molecule has 0 aliphatic heterocycles. The molecule has 0 fully saturated rings. The normalized spacial score (nSPS) is 10.7. The lowest BCUT2D eigenvalue weighted by molar-refractivity contribution is 0.102. The van der Waals surface area contributed by atoms with Crippen molar-refractivity contribution in [3.63, 3.8) is 0 Å². The molecule has 1 amide bonds. The van der Waals surface area contributed by atoms with Gasteiger partial charge in [0, 0.05) is 11.3 Å². The van der Waals surface area contributed by atoms with Crippen LogP contribution in [0.3, 0.4) is 0 Å². The Bertz CT molecular complexity index is 1140. The molecule has 2 aromatic carbocycles. The van der Waals surface area contributed by atoms with E-state index in [2.05, 4.69) is 15.3 Å². The van der Waals surface area contributed by atoms with E-state index in [-0.39, 0.29) is 5.91 Å². The molecule has 0 saturated carbocycles. The molecule has 4 aromatic rings. The second kappa shape index (κ2) is 7.84. The number of benzene rings is 2. The van der Waals surface area contributed by atoms with Crippen LogP contribution in [0.15, 0.2) is 47.8 Å². The summed E-state index contributed by atoms with van der Waals surface area (Å²) >= 11 is 1.62. The zero-order valence-corrected chi connectivity index (χ0v) is 16.9. The standard InChI is InChI=1S/C21H19N3O4S/c1-26-16-9-12(10-17(27-2)19(16)28-3)21(25)22-13-6-7-14-15(11-13)24-20(23-14)18-5-4-8-29-18/h4-11H,1-3H3,(H,22,25)(H,23,24). The molecule has 148 valence electrons. The SMILES string of the molecule is COc1cc(C(=O)Nc2ccc3nc(-c4cccs4)[nH]c3c2)cc(OC)c1OC. The van der Waals surface area contributed by atoms with Crippen molar-refractivity contribution in [2.45, 2.75) is 0 Å². The minimum absolute atomic E-state index is 0.290. The number of aromatic amines is 1. The Hall–Kier alpha value is -3.52. The van der Waals surface area contributed by atoms with Crippen molar-refractivity contribution in [3.05, 3.63) is 53.4 Å². The number of hydrogen-bond donors (Lipinski definition) is 2. The number of fused-ring (bicyclic) bond motifs is 1. The summed E-state index contributed by atoms with van der Waals surface area (Å²) in [5.41, 5.74) is 2.72. The fourth-order valence-electron chi connectivity index (χ4n) is 3.03. The predicted octanol–water partition coefficient (Wildman–Crippen LogP) is 4.57. The largest absolute Gasteiger partial charge is 0.493 e.